The minimum absolute atomic E-state index is 0.106. The molecule has 0 bridgehead atoms. The fourth-order valence-electron chi connectivity index (χ4n) is 6.43. The van der Waals surface area contributed by atoms with E-state index in [4.69, 9.17) is 9.47 Å². The van der Waals surface area contributed by atoms with Gasteiger partial charge in [-0.1, -0.05) is 78.9 Å². The van der Waals surface area contributed by atoms with E-state index in [0.29, 0.717) is 19.4 Å². The van der Waals surface area contributed by atoms with E-state index in [1.54, 1.807) is 6.07 Å². The molecule has 2 atom stereocenters. The van der Waals surface area contributed by atoms with E-state index in [1.165, 1.54) is 29.2 Å². The highest BCUT2D eigenvalue weighted by atomic mass is 19.4. The summed E-state index contributed by atoms with van der Waals surface area (Å²) < 4.78 is 55.0. The molecule has 3 aromatic rings. The molecule has 8 heteroatoms. The summed E-state index contributed by atoms with van der Waals surface area (Å²) in [6, 6.07) is 25.2. The van der Waals surface area contributed by atoms with E-state index in [9.17, 15) is 18.0 Å². The maximum Gasteiger partial charge on any atom is 0.430 e. The third-order valence-corrected chi connectivity index (χ3v) is 8.65. The van der Waals surface area contributed by atoms with Gasteiger partial charge in [-0.3, -0.25) is 4.79 Å². The molecule has 40 heavy (non-hydrogen) atoms. The van der Waals surface area contributed by atoms with Crippen molar-refractivity contribution in [3.05, 3.63) is 102 Å². The molecule has 1 unspecified atom stereocenters. The molecule has 2 fully saturated rings. The molecule has 2 aliphatic rings. The van der Waals surface area contributed by atoms with E-state index in [0.717, 1.165) is 43.5 Å². The van der Waals surface area contributed by atoms with Crippen LogP contribution in [-0.4, -0.2) is 50.3 Å². The topological polar surface area (TPSA) is 50.8 Å². The van der Waals surface area contributed by atoms with Crippen molar-refractivity contribution in [1.82, 2.24) is 10.2 Å². The summed E-state index contributed by atoms with van der Waals surface area (Å²) in [5, 5.41) is 3.51. The number of methoxy groups -OCH3 is 1. The van der Waals surface area contributed by atoms with Gasteiger partial charge in [0.1, 0.15) is 12.4 Å². The van der Waals surface area contributed by atoms with Crippen molar-refractivity contribution < 1.29 is 27.4 Å². The Kier molecular flexibility index (Phi) is 8.19. The number of ether oxygens (including phenoxy) is 2. The molecule has 5 rings (SSSR count). The Morgan fingerprint density at radius 1 is 0.925 bits per heavy atom. The average Bonchev–Trinajstić information content (AvgIpc) is 2.98. The Morgan fingerprint density at radius 3 is 2.20 bits per heavy atom. The van der Waals surface area contributed by atoms with Gasteiger partial charge in [0.05, 0.1) is 0 Å². The fraction of sp³-hybridized carbons (Fsp3) is 0.406. The third kappa shape index (κ3) is 5.22. The van der Waals surface area contributed by atoms with Crippen molar-refractivity contribution in [3.8, 4) is 5.75 Å². The molecular formula is C32H35F3N2O3. The summed E-state index contributed by atoms with van der Waals surface area (Å²) >= 11 is 0. The number of nitrogens with zero attached hydrogens (tertiary/aromatic N) is 1. The second kappa shape index (κ2) is 11.6. The lowest BCUT2D eigenvalue weighted by atomic mass is 9.62. The zero-order valence-electron chi connectivity index (χ0n) is 22.6. The number of carbonyl (C=O) groups excluding carboxylic acids is 1. The molecule has 0 radical (unpaired) electrons. The summed E-state index contributed by atoms with van der Waals surface area (Å²) in [5.74, 6) is -0.132. The average molecular weight is 553 g/mol. The monoisotopic (exact) mass is 552 g/mol. The lowest BCUT2D eigenvalue weighted by molar-refractivity contribution is -0.271. The summed E-state index contributed by atoms with van der Waals surface area (Å²) in [5.41, 5.74) is -1.24. The zero-order chi connectivity index (χ0) is 28.2. The summed E-state index contributed by atoms with van der Waals surface area (Å²) in [4.78, 5) is 15.0. The van der Waals surface area contributed by atoms with Crippen LogP contribution in [0.15, 0.2) is 84.9 Å². The van der Waals surface area contributed by atoms with Gasteiger partial charge >= 0.3 is 6.18 Å². The van der Waals surface area contributed by atoms with Gasteiger partial charge in [-0.25, -0.2) is 0 Å². The van der Waals surface area contributed by atoms with Crippen molar-refractivity contribution >= 4 is 5.91 Å². The molecular weight excluding hydrogens is 517 g/mol. The van der Waals surface area contributed by atoms with Crippen LogP contribution in [-0.2, 0) is 21.7 Å². The van der Waals surface area contributed by atoms with Gasteiger partial charge in [-0.05, 0) is 48.4 Å². The zero-order valence-corrected chi connectivity index (χ0v) is 22.6. The van der Waals surface area contributed by atoms with Crippen LogP contribution in [0.2, 0.25) is 0 Å². The number of alkyl halides is 3. The van der Waals surface area contributed by atoms with Gasteiger partial charge in [0.25, 0.3) is 11.5 Å². The number of hydrogen-bond donors (Lipinski definition) is 1. The first-order chi connectivity index (χ1) is 19.3. The van der Waals surface area contributed by atoms with E-state index in [2.05, 4.69) is 11.4 Å². The molecule has 5 nitrogen and oxygen atoms in total. The van der Waals surface area contributed by atoms with Gasteiger partial charge in [-0.15, -0.1) is 0 Å². The smallest absolute Gasteiger partial charge is 0.430 e. The Bertz CT molecular complexity index is 1280. The van der Waals surface area contributed by atoms with Crippen LogP contribution in [0.1, 0.15) is 41.9 Å². The number of rotatable bonds is 7. The summed E-state index contributed by atoms with van der Waals surface area (Å²) in [7, 11) is 0.957. The van der Waals surface area contributed by atoms with Crippen LogP contribution in [0.25, 0.3) is 0 Å². The molecule has 2 aliphatic heterocycles. The number of hydrogen-bond acceptors (Lipinski definition) is 4. The molecule has 212 valence electrons. The summed E-state index contributed by atoms with van der Waals surface area (Å²) in [6.07, 6.45) is -2.84. The van der Waals surface area contributed by atoms with Gasteiger partial charge in [-0.2, -0.15) is 13.2 Å². The lowest BCUT2D eigenvalue weighted by Gasteiger charge is -2.51. The van der Waals surface area contributed by atoms with Crippen molar-refractivity contribution in [2.24, 2.45) is 5.41 Å². The van der Waals surface area contributed by atoms with Gasteiger partial charge in [0.15, 0.2) is 0 Å². The molecule has 0 aromatic heterocycles. The molecule has 0 aliphatic carbocycles. The van der Waals surface area contributed by atoms with Gasteiger partial charge < -0.3 is 19.7 Å². The minimum Gasteiger partial charge on any atom is -0.489 e. The van der Waals surface area contributed by atoms with Crippen molar-refractivity contribution in [3.63, 3.8) is 0 Å². The minimum atomic E-state index is -4.92. The Morgan fingerprint density at radius 2 is 1.55 bits per heavy atom. The highest BCUT2D eigenvalue weighted by Crippen LogP contribution is 2.51. The Hall–Kier alpha value is -3.36. The van der Waals surface area contributed by atoms with Crippen LogP contribution in [0.5, 0.6) is 5.75 Å². The third-order valence-electron chi connectivity index (χ3n) is 8.65. The predicted molar refractivity (Wildman–Crippen MR) is 147 cm³/mol. The number of piperidine rings is 2. The molecule has 1 N–H and O–H groups in total. The number of carbonyl (C=O) groups is 1. The lowest BCUT2D eigenvalue weighted by Crippen LogP contribution is -2.59. The first-order valence-electron chi connectivity index (χ1n) is 13.7. The van der Waals surface area contributed by atoms with Gasteiger partial charge in [0.2, 0.25) is 0 Å². The SMILES string of the molecule is CO[C@@](C(=O)N1CCC2(CCNCC2c2ccccc2OCc2ccccc2)CC1)(c1ccccc1)C(F)(F)F. The van der Waals surface area contributed by atoms with E-state index >= 15 is 0 Å². The van der Waals surface area contributed by atoms with E-state index < -0.39 is 17.7 Å². The molecule has 1 spiro atoms. The first-order valence-corrected chi connectivity index (χ1v) is 13.7. The number of benzene rings is 3. The molecule has 3 aromatic carbocycles. The van der Waals surface area contributed by atoms with Crippen LogP contribution in [0, 0.1) is 5.41 Å². The number of nitrogens with one attached hydrogen (secondary N) is 1. The van der Waals surface area contributed by atoms with Crippen molar-refractivity contribution in [2.75, 3.05) is 33.3 Å². The molecule has 2 saturated heterocycles. The van der Waals surface area contributed by atoms with Crippen LogP contribution in [0.4, 0.5) is 13.2 Å². The largest absolute Gasteiger partial charge is 0.489 e. The van der Waals surface area contributed by atoms with E-state index in [-0.39, 0.29) is 30.0 Å². The van der Waals surface area contributed by atoms with Gasteiger partial charge in [0, 0.05) is 38.2 Å². The Labute approximate surface area is 233 Å². The normalized spacial score (nSPS) is 20.6. The molecule has 1 amide bonds. The molecule has 2 heterocycles. The first kappa shape index (κ1) is 28.2. The number of amides is 1. The highest BCUT2D eigenvalue weighted by Gasteiger charge is 2.64. The maximum absolute atomic E-state index is 14.5. The van der Waals surface area contributed by atoms with Crippen molar-refractivity contribution in [1.29, 1.82) is 0 Å². The van der Waals surface area contributed by atoms with Crippen LogP contribution >= 0.6 is 0 Å². The number of para-hydroxylation sites is 1. The fourth-order valence-corrected chi connectivity index (χ4v) is 6.43. The van der Waals surface area contributed by atoms with Crippen LogP contribution < -0.4 is 10.1 Å². The number of likely N-dealkylation sites (tertiary alicyclic amines) is 1. The van der Waals surface area contributed by atoms with Crippen LogP contribution in [0.3, 0.4) is 0 Å². The standard InChI is InChI=1S/C32H35F3N2O3/c1-39-31(32(33,34)35,25-12-6-3-7-13-25)29(38)37-20-17-30(18-21-37)16-19-36-22-27(30)26-14-8-9-15-28(26)40-23-24-10-4-2-5-11-24/h2-15,27,36H,16-23H2,1H3/t27?,31-/m1/s1. The van der Waals surface area contributed by atoms with Crippen molar-refractivity contribution in [2.45, 2.75) is 43.6 Å². The second-order valence-corrected chi connectivity index (χ2v) is 10.7. The molecule has 0 saturated carbocycles. The second-order valence-electron chi connectivity index (χ2n) is 10.7. The predicted octanol–water partition coefficient (Wildman–Crippen LogP) is 6.06. The number of halogens is 3. The maximum atomic E-state index is 14.5. The van der Waals surface area contributed by atoms with E-state index in [1.807, 2.05) is 48.5 Å². The quantitative estimate of drug-likeness (QED) is 0.388. The summed E-state index contributed by atoms with van der Waals surface area (Å²) in [6.45, 7) is 2.48. The highest BCUT2D eigenvalue weighted by molar-refractivity contribution is 5.88. The Balaban J connectivity index is 1.37.